The number of allylic oxidation sites excluding steroid dienone is 2. The molecule has 2 aliphatic rings. The van der Waals surface area contributed by atoms with Crippen LogP contribution in [-0.2, 0) is 23.8 Å². The van der Waals surface area contributed by atoms with E-state index in [0.717, 1.165) is 12.8 Å². The summed E-state index contributed by atoms with van der Waals surface area (Å²) in [4.78, 5) is 51.1. The van der Waals surface area contributed by atoms with Crippen LogP contribution >= 0.6 is 0 Å². The van der Waals surface area contributed by atoms with Gasteiger partial charge in [-0.2, -0.15) is 0 Å². The summed E-state index contributed by atoms with van der Waals surface area (Å²) in [5, 5.41) is 49.5. The second-order valence-corrected chi connectivity index (χ2v) is 16.1. The number of rotatable bonds is 7. The van der Waals surface area contributed by atoms with Gasteiger partial charge in [0.15, 0.2) is 5.75 Å². The number of imidazole rings is 1. The fourth-order valence-electron chi connectivity index (χ4n) is 8.22. The van der Waals surface area contributed by atoms with Crippen molar-refractivity contribution in [2.24, 2.45) is 23.7 Å². The molecule has 0 saturated heterocycles. The third-order valence-electron chi connectivity index (χ3n) is 11.7. The van der Waals surface area contributed by atoms with Gasteiger partial charge in [0.1, 0.15) is 28.8 Å². The first-order valence-corrected chi connectivity index (χ1v) is 20.3. The van der Waals surface area contributed by atoms with E-state index < -0.39 is 77.3 Å². The van der Waals surface area contributed by atoms with E-state index in [4.69, 9.17) is 23.9 Å². The van der Waals surface area contributed by atoms with Crippen LogP contribution < -0.4 is 15.0 Å². The summed E-state index contributed by atoms with van der Waals surface area (Å²) in [6.45, 7) is 18.2. The number of aliphatic hydroxyl groups excluding tert-OH is 2. The molecule has 3 heterocycles. The molecule has 2 aromatic carbocycles. The molecular formula is C44H60N4O11. The second-order valence-electron chi connectivity index (χ2n) is 16.1. The fourth-order valence-corrected chi connectivity index (χ4v) is 8.22. The number of fused-ring (bicyclic) bond motifs is 1. The summed E-state index contributed by atoms with van der Waals surface area (Å²) in [6, 6.07) is 0. The second kappa shape index (κ2) is 18.0. The molecule has 0 fully saturated rings. The van der Waals surface area contributed by atoms with Crippen molar-refractivity contribution >= 4 is 51.1 Å². The van der Waals surface area contributed by atoms with Crippen LogP contribution in [0.15, 0.2) is 36.1 Å². The largest absolute Gasteiger partial charge is 0.507 e. The Morgan fingerprint density at radius 3 is 2.24 bits per heavy atom. The predicted octanol–water partition coefficient (Wildman–Crippen LogP) is 6.55. The van der Waals surface area contributed by atoms with E-state index in [0.29, 0.717) is 19.0 Å². The Morgan fingerprint density at radius 2 is 1.63 bits per heavy atom. The summed E-state index contributed by atoms with van der Waals surface area (Å²) in [6.07, 6.45) is 5.52. The summed E-state index contributed by atoms with van der Waals surface area (Å²) in [7, 11) is 1.46. The normalized spacial score (nSPS) is 30.1. The number of phenolic OH excluding ortho intramolecular Hbond substituents is 2. The number of Topliss-reactive ketones (excluding diaryl/α,β-unsaturated/α-hetero) is 1. The lowest BCUT2D eigenvalue weighted by molar-refractivity contribution is -0.160. The number of amides is 1. The number of esters is 1. The van der Waals surface area contributed by atoms with Crippen molar-refractivity contribution in [2.75, 3.05) is 30.4 Å². The third-order valence-corrected chi connectivity index (χ3v) is 11.7. The van der Waals surface area contributed by atoms with E-state index in [1.54, 1.807) is 65.8 Å². The molecule has 3 aromatic rings. The van der Waals surface area contributed by atoms with Crippen molar-refractivity contribution in [2.45, 2.75) is 112 Å². The molecule has 0 aliphatic carbocycles. The predicted molar refractivity (Wildman–Crippen MR) is 225 cm³/mol. The van der Waals surface area contributed by atoms with Crippen molar-refractivity contribution in [3.63, 3.8) is 0 Å². The Bertz CT molecular complexity index is 2170. The molecule has 322 valence electrons. The Hall–Kier alpha value is -5.12. The molecule has 4 bridgehead atoms. The standard InChI is InChI=1S/C44H60N4O11/c1-12-18-48(19-13-2)43-46-32-29-30-37(52)26(8)40-31(29)41(54)44(10,59-40)57-20-17-28(56-11)23(5)39(58-27(9)49)25(7)36(51)24(6)35(50)21(3)15-14-16-22(4)42(55)45-34(38(30)53)33(32)47-43/h14-17,20-21,23-25,28,35-36,39,50-53H,12-13,18-19H2,1-11H3,(H,45,55)(H,46,47)/b15-14+,20-17+,22-16-/t21-,23-,24-,25-,28+,35+,36+,39+,44+/m1/s1. The third kappa shape index (κ3) is 8.50. The number of nitrogens with zero attached hydrogens (tertiary/aromatic N) is 2. The number of benzene rings is 2. The number of aromatic nitrogens is 2. The molecule has 5 rings (SSSR count). The maximum absolute atomic E-state index is 14.6. The van der Waals surface area contributed by atoms with Crippen molar-refractivity contribution in [3.8, 4) is 17.2 Å². The van der Waals surface area contributed by atoms with Gasteiger partial charge in [-0.3, -0.25) is 14.4 Å². The minimum atomic E-state index is -1.96. The van der Waals surface area contributed by atoms with E-state index >= 15 is 0 Å². The molecule has 2 aliphatic heterocycles. The molecule has 0 radical (unpaired) electrons. The molecule has 1 aromatic heterocycles. The minimum absolute atomic E-state index is 0.0236. The smallest absolute Gasteiger partial charge is 0.312 e. The van der Waals surface area contributed by atoms with Crippen LogP contribution in [0, 0.1) is 30.6 Å². The van der Waals surface area contributed by atoms with E-state index in [1.165, 1.54) is 27.2 Å². The number of methoxy groups -OCH3 is 1. The van der Waals surface area contributed by atoms with Gasteiger partial charge in [0, 0.05) is 74.2 Å². The summed E-state index contributed by atoms with van der Waals surface area (Å²) < 4.78 is 23.9. The van der Waals surface area contributed by atoms with Crippen LogP contribution in [0.4, 0.5) is 11.6 Å². The molecule has 15 nitrogen and oxygen atoms in total. The van der Waals surface area contributed by atoms with Gasteiger partial charge in [0.05, 0.1) is 41.0 Å². The van der Waals surface area contributed by atoms with Crippen molar-refractivity contribution in [3.05, 3.63) is 47.3 Å². The lowest BCUT2D eigenvalue weighted by Crippen LogP contribution is -2.46. The lowest BCUT2D eigenvalue weighted by atomic mass is 9.78. The zero-order valence-corrected chi connectivity index (χ0v) is 35.9. The zero-order valence-electron chi connectivity index (χ0n) is 35.9. The summed E-state index contributed by atoms with van der Waals surface area (Å²) in [5.41, 5.74) is 0.795. The van der Waals surface area contributed by atoms with Crippen LogP contribution in [0.5, 0.6) is 17.2 Å². The van der Waals surface area contributed by atoms with Crippen LogP contribution in [0.2, 0.25) is 0 Å². The Labute approximate surface area is 345 Å². The number of ether oxygens (including phenoxy) is 4. The van der Waals surface area contributed by atoms with Crippen molar-refractivity contribution < 1.29 is 53.8 Å². The maximum atomic E-state index is 14.6. The zero-order chi connectivity index (χ0) is 43.7. The van der Waals surface area contributed by atoms with E-state index in [9.17, 15) is 34.8 Å². The van der Waals surface area contributed by atoms with E-state index in [1.807, 2.05) is 18.7 Å². The number of anilines is 2. The minimum Gasteiger partial charge on any atom is -0.507 e. The van der Waals surface area contributed by atoms with Gasteiger partial charge in [0.2, 0.25) is 5.95 Å². The lowest BCUT2D eigenvalue weighted by Gasteiger charge is -2.38. The van der Waals surface area contributed by atoms with Crippen LogP contribution in [0.25, 0.3) is 21.8 Å². The van der Waals surface area contributed by atoms with Crippen molar-refractivity contribution in [1.29, 1.82) is 0 Å². The number of hydrogen-bond acceptors (Lipinski definition) is 13. The highest BCUT2D eigenvalue weighted by Crippen LogP contribution is 2.54. The first-order chi connectivity index (χ1) is 27.8. The van der Waals surface area contributed by atoms with Gasteiger partial charge >= 0.3 is 11.8 Å². The highest BCUT2D eigenvalue weighted by atomic mass is 16.7. The average molecular weight is 821 g/mol. The fraction of sp³-hybridized carbons (Fsp3) is 0.545. The first-order valence-electron chi connectivity index (χ1n) is 20.3. The van der Waals surface area contributed by atoms with Gasteiger partial charge in [0.25, 0.3) is 11.7 Å². The number of carbonyl (C=O) groups is 3. The van der Waals surface area contributed by atoms with Gasteiger partial charge in [-0.15, -0.1) is 0 Å². The van der Waals surface area contributed by atoms with Gasteiger partial charge in [-0.05, 0) is 32.8 Å². The van der Waals surface area contributed by atoms with Gasteiger partial charge in [-0.1, -0.05) is 59.8 Å². The Balaban J connectivity index is 1.76. The molecule has 15 heteroatoms. The number of aliphatic hydroxyl groups is 2. The molecule has 1 amide bonds. The first kappa shape index (κ1) is 45.0. The number of aromatic amines is 1. The summed E-state index contributed by atoms with van der Waals surface area (Å²) in [5.74, 6) is -6.50. The number of aromatic hydroxyl groups is 2. The quantitative estimate of drug-likeness (QED) is 0.110. The van der Waals surface area contributed by atoms with Crippen molar-refractivity contribution in [1.82, 2.24) is 9.97 Å². The number of carbonyl (C=O) groups excluding carboxylic acids is 3. The number of nitrogens with one attached hydrogen (secondary N) is 2. The highest BCUT2D eigenvalue weighted by Gasteiger charge is 2.50. The number of ketones is 1. The topological polar surface area (TPSA) is 213 Å². The van der Waals surface area contributed by atoms with Crippen LogP contribution in [-0.4, -0.2) is 98.5 Å². The Morgan fingerprint density at radius 1 is 0.966 bits per heavy atom. The molecule has 59 heavy (non-hydrogen) atoms. The Kier molecular flexibility index (Phi) is 13.7. The van der Waals surface area contributed by atoms with E-state index in [-0.39, 0.29) is 55.7 Å². The number of phenols is 2. The summed E-state index contributed by atoms with van der Waals surface area (Å²) >= 11 is 0. The molecule has 0 spiro atoms. The molecule has 0 saturated carbocycles. The molecule has 9 atom stereocenters. The molecule has 6 N–H and O–H groups in total. The van der Waals surface area contributed by atoms with Gasteiger partial charge < -0.3 is 54.6 Å². The number of hydrogen-bond donors (Lipinski definition) is 6. The number of H-pyrrole nitrogens is 1. The van der Waals surface area contributed by atoms with Crippen LogP contribution in [0.1, 0.15) is 91.1 Å². The molecule has 0 unspecified atom stereocenters. The monoisotopic (exact) mass is 820 g/mol. The highest BCUT2D eigenvalue weighted by molar-refractivity contribution is 6.28. The SMILES string of the molecule is CCCN(CCC)c1nc2c([nH]1)c1c(O)c3c(O)c(C)c4c(c32)C(=O)[C@@](C)(O/C=C/[C@H](OC)[C@@H](C)[C@H](OC(C)=O)[C@H](C)[C@@H](O)[C@H](C)[C@@H](O)[C@H](C)/C=C/C=C(/C)C(=O)N1)O4. The van der Waals surface area contributed by atoms with Gasteiger partial charge in [-0.25, -0.2) is 4.98 Å². The molecular weight excluding hydrogens is 761 g/mol. The maximum Gasteiger partial charge on any atom is 0.312 e. The average Bonchev–Trinajstić information content (AvgIpc) is 3.75. The van der Waals surface area contributed by atoms with Crippen LogP contribution in [0.3, 0.4) is 0 Å². The van der Waals surface area contributed by atoms with E-state index in [2.05, 4.69) is 10.3 Å².